The average molecular weight is 454 g/mol. The molecule has 168 valence electrons. The van der Waals surface area contributed by atoms with Gasteiger partial charge >= 0.3 is 5.91 Å². The molecule has 3 rings (SSSR count). The van der Waals surface area contributed by atoms with Gasteiger partial charge in [-0.1, -0.05) is 66.7 Å². The topological polar surface area (TPSA) is 52.6 Å². The Bertz CT molecular complexity index is 1040. The molecular formula is C26H28ClNO4. The summed E-state index contributed by atoms with van der Waals surface area (Å²) in [4.78, 5) is 26.6. The third kappa shape index (κ3) is 5.96. The van der Waals surface area contributed by atoms with Gasteiger partial charge in [0.15, 0.2) is 11.5 Å². The molecule has 0 aromatic heterocycles. The number of halogens is 1. The smallest absolute Gasteiger partial charge is 0.318 e. The summed E-state index contributed by atoms with van der Waals surface area (Å²) in [5, 5.41) is 0. The molecule has 3 aromatic carbocycles. The van der Waals surface area contributed by atoms with Crippen LogP contribution in [0.25, 0.3) is 0 Å². The van der Waals surface area contributed by atoms with Crippen molar-refractivity contribution in [1.29, 1.82) is 0 Å². The summed E-state index contributed by atoms with van der Waals surface area (Å²) >= 11 is 0. The first-order valence-electron chi connectivity index (χ1n) is 10.2. The summed E-state index contributed by atoms with van der Waals surface area (Å²) in [6.45, 7) is 0.362. The molecule has 1 unspecified atom stereocenters. The molecule has 1 atom stereocenters. The summed E-state index contributed by atoms with van der Waals surface area (Å²) in [7, 11) is 4.97. The third-order valence-electron chi connectivity index (χ3n) is 5.39. The Hall–Kier alpha value is -3.15. The number of carbonyl (C=O) groups is 2. The molecule has 0 saturated heterocycles. The van der Waals surface area contributed by atoms with E-state index in [1.165, 1.54) is 0 Å². The Balaban J connectivity index is 0.00000363. The lowest BCUT2D eigenvalue weighted by molar-refractivity contribution is -0.839. The van der Waals surface area contributed by atoms with Crippen LogP contribution in [-0.2, 0) is 17.8 Å². The molecule has 0 saturated carbocycles. The molecule has 32 heavy (non-hydrogen) atoms. The number of rotatable bonds is 9. The van der Waals surface area contributed by atoms with Crippen molar-refractivity contribution in [3.63, 3.8) is 0 Å². The highest BCUT2D eigenvalue weighted by molar-refractivity contribution is 5.97. The molecule has 0 bridgehead atoms. The van der Waals surface area contributed by atoms with Crippen molar-refractivity contribution in [2.24, 2.45) is 0 Å². The van der Waals surface area contributed by atoms with Gasteiger partial charge in [0.25, 0.3) is 0 Å². The Labute approximate surface area is 195 Å². The van der Waals surface area contributed by atoms with Crippen molar-refractivity contribution < 1.29 is 36.0 Å². The molecule has 0 aliphatic carbocycles. The van der Waals surface area contributed by atoms with Crippen LogP contribution in [-0.4, -0.2) is 44.0 Å². The van der Waals surface area contributed by atoms with Crippen molar-refractivity contribution in [2.75, 3.05) is 27.8 Å². The van der Waals surface area contributed by atoms with Crippen LogP contribution in [0.5, 0.6) is 11.5 Å². The fourth-order valence-corrected chi connectivity index (χ4v) is 3.68. The summed E-state index contributed by atoms with van der Waals surface area (Å²) < 4.78 is 10.9. The van der Waals surface area contributed by atoms with E-state index >= 15 is 0 Å². The standard InChI is InChI=1S/C26H28NO4.ClH/c1-27(19-23(28)21-13-8-5-9-14-21,25(29)17-20-11-6-4-7-12-20)18-22-15-10-16-24(30-2)26(22)31-3;/h4-16H,17-19H2,1-3H3;1H/q+1;/p-1. The van der Waals surface area contributed by atoms with Crippen molar-refractivity contribution in [3.8, 4) is 11.5 Å². The number of amides is 1. The number of ketones is 1. The lowest BCUT2D eigenvalue weighted by atomic mass is 10.1. The number of nitrogens with zero attached hydrogens (tertiary/aromatic N) is 1. The van der Waals surface area contributed by atoms with E-state index < -0.39 is 0 Å². The van der Waals surface area contributed by atoms with Crippen LogP contribution >= 0.6 is 0 Å². The van der Waals surface area contributed by atoms with Gasteiger partial charge in [-0.3, -0.25) is 9.28 Å². The lowest BCUT2D eigenvalue weighted by Gasteiger charge is -2.32. The molecule has 0 aliphatic heterocycles. The van der Waals surface area contributed by atoms with Gasteiger partial charge in [-0.2, -0.15) is 0 Å². The van der Waals surface area contributed by atoms with Gasteiger partial charge in [-0.05, 0) is 17.7 Å². The molecule has 0 aliphatic rings. The second kappa shape index (κ2) is 11.5. The zero-order valence-electron chi connectivity index (χ0n) is 18.6. The highest BCUT2D eigenvalue weighted by Gasteiger charge is 2.36. The maximum absolute atomic E-state index is 13.5. The number of benzene rings is 3. The Kier molecular flexibility index (Phi) is 9.00. The zero-order chi connectivity index (χ0) is 22.3. The van der Waals surface area contributed by atoms with E-state index in [0.29, 0.717) is 23.6 Å². The van der Waals surface area contributed by atoms with Crippen LogP contribution in [0.15, 0.2) is 78.9 Å². The first-order valence-corrected chi connectivity index (χ1v) is 10.2. The minimum absolute atomic E-state index is 0. The summed E-state index contributed by atoms with van der Waals surface area (Å²) in [5.41, 5.74) is 2.32. The Morgan fingerprint density at radius 2 is 1.44 bits per heavy atom. The Morgan fingerprint density at radius 1 is 0.812 bits per heavy atom. The maximum Gasteiger partial charge on any atom is 0.318 e. The van der Waals surface area contributed by atoms with E-state index in [1.54, 1.807) is 26.4 Å². The predicted molar refractivity (Wildman–Crippen MR) is 120 cm³/mol. The number of para-hydroxylation sites is 1. The van der Waals surface area contributed by atoms with E-state index in [0.717, 1.165) is 11.1 Å². The largest absolute Gasteiger partial charge is 1.00 e. The van der Waals surface area contributed by atoms with E-state index in [1.807, 2.05) is 73.8 Å². The third-order valence-corrected chi connectivity index (χ3v) is 5.39. The average Bonchev–Trinajstić information content (AvgIpc) is 2.80. The maximum atomic E-state index is 13.5. The first kappa shape index (κ1) is 25.1. The molecular weight excluding hydrogens is 426 g/mol. The molecule has 3 aromatic rings. The highest BCUT2D eigenvalue weighted by atomic mass is 35.5. The van der Waals surface area contributed by atoms with Gasteiger partial charge < -0.3 is 21.9 Å². The number of likely N-dealkylation sites (N-methyl/N-ethyl adjacent to an activating group) is 1. The number of hydrogen-bond acceptors (Lipinski definition) is 4. The number of quaternary nitrogens is 1. The fraction of sp³-hybridized carbons (Fsp3) is 0.231. The summed E-state index contributed by atoms with van der Waals surface area (Å²) in [5.74, 6) is 1.05. The summed E-state index contributed by atoms with van der Waals surface area (Å²) in [6.07, 6.45) is 0.242. The van der Waals surface area contributed by atoms with Crippen LogP contribution in [0, 0.1) is 0 Å². The van der Waals surface area contributed by atoms with Crippen LogP contribution in [0.4, 0.5) is 0 Å². The molecule has 0 radical (unpaired) electrons. The number of ether oxygens (including phenoxy) is 2. The van der Waals surface area contributed by atoms with Crippen molar-refractivity contribution in [3.05, 3.63) is 95.6 Å². The predicted octanol–water partition coefficient (Wildman–Crippen LogP) is 1.31. The SMILES string of the molecule is COc1cccc(C[N+](C)(CC(=O)c2ccccc2)C(=O)Cc2ccccc2)c1OC.[Cl-]. The molecule has 1 amide bonds. The summed E-state index contributed by atoms with van der Waals surface area (Å²) in [6, 6.07) is 24.2. The number of hydrogen-bond donors (Lipinski definition) is 0. The minimum atomic E-state index is -0.0774. The van der Waals surface area contributed by atoms with E-state index in [9.17, 15) is 9.59 Å². The van der Waals surface area contributed by atoms with Gasteiger partial charge in [0.1, 0.15) is 13.1 Å². The normalized spacial score (nSPS) is 12.2. The number of methoxy groups -OCH3 is 2. The molecule has 0 spiro atoms. The van der Waals surface area contributed by atoms with Gasteiger partial charge in [-0.15, -0.1) is 0 Å². The monoisotopic (exact) mass is 453 g/mol. The van der Waals surface area contributed by atoms with Crippen molar-refractivity contribution in [2.45, 2.75) is 13.0 Å². The van der Waals surface area contributed by atoms with Crippen LogP contribution in [0.1, 0.15) is 21.5 Å². The van der Waals surface area contributed by atoms with E-state index in [4.69, 9.17) is 9.47 Å². The van der Waals surface area contributed by atoms with Crippen molar-refractivity contribution in [1.82, 2.24) is 0 Å². The molecule has 0 heterocycles. The van der Waals surface area contributed by atoms with Gasteiger partial charge in [-0.25, -0.2) is 4.79 Å². The quantitative estimate of drug-likeness (QED) is 0.362. The Morgan fingerprint density at radius 3 is 2.03 bits per heavy atom. The van der Waals surface area contributed by atoms with Gasteiger partial charge in [0.05, 0.1) is 33.3 Å². The van der Waals surface area contributed by atoms with Crippen molar-refractivity contribution >= 4 is 11.7 Å². The lowest BCUT2D eigenvalue weighted by Crippen LogP contribution is -3.00. The second-order valence-corrected chi connectivity index (χ2v) is 7.71. The molecule has 6 heteroatoms. The first-order chi connectivity index (χ1) is 15.0. The van der Waals surface area contributed by atoms with Crippen LogP contribution in [0.2, 0.25) is 0 Å². The van der Waals surface area contributed by atoms with E-state index in [2.05, 4.69) is 0 Å². The van der Waals surface area contributed by atoms with Crippen LogP contribution < -0.4 is 21.9 Å². The molecule has 0 N–H and O–H groups in total. The zero-order valence-corrected chi connectivity index (χ0v) is 19.3. The van der Waals surface area contributed by atoms with Gasteiger partial charge in [0, 0.05) is 5.56 Å². The van der Waals surface area contributed by atoms with Gasteiger partial charge in [0.2, 0.25) is 5.78 Å². The van der Waals surface area contributed by atoms with Crippen LogP contribution in [0.3, 0.4) is 0 Å². The molecule has 0 fully saturated rings. The minimum Gasteiger partial charge on any atom is -1.00 e. The highest BCUT2D eigenvalue weighted by Crippen LogP contribution is 2.33. The van der Waals surface area contributed by atoms with E-state index in [-0.39, 0.29) is 41.5 Å². The second-order valence-electron chi connectivity index (χ2n) is 7.71. The molecule has 5 nitrogen and oxygen atoms in total. The number of Topliss-reactive ketones (excluding diaryl/α,β-unsaturated/α-hetero) is 1. The fourth-order valence-electron chi connectivity index (χ4n) is 3.68. The number of carbonyl (C=O) groups excluding carboxylic acids is 2.